The van der Waals surface area contributed by atoms with E-state index in [4.69, 9.17) is 12.2 Å². The summed E-state index contributed by atoms with van der Waals surface area (Å²) in [6.45, 7) is 2.17. The largest absolute Gasteiger partial charge is 0.336 e. The second-order valence-corrected chi connectivity index (χ2v) is 5.40. The second kappa shape index (κ2) is 3.74. The van der Waals surface area contributed by atoms with Gasteiger partial charge in [-0.1, -0.05) is 6.92 Å². The molecule has 1 N–H and O–H groups in total. The third-order valence-corrected chi connectivity index (χ3v) is 4.12. The van der Waals surface area contributed by atoms with Crippen molar-refractivity contribution in [1.82, 2.24) is 4.98 Å². The molecule has 0 aliphatic rings. The molecule has 1 nitrogen and oxygen atoms in total. The molecule has 0 unspecified atom stereocenters. The Labute approximate surface area is 90.1 Å². The maximum absolute atomic E-state index is 5.04. The van der Waals surface area contributed by atoms with Gasteiger partial charge in [0.25, 0.3) is 0 Å². The number of thiazole rings is 1. The van der Waals surface area contributed by atoms with Crippen LogP contribution >= 0.6 is 34.9 Å². The molecular weight excluding hydrogens is 218 g/mol. The molecule has 0 spiro atoms. The maximum atomic E-state index is 5.04. The van der Waals surface area contributed by atoms with Crippen LogP contribution in [0.1, 0.15) is 11.8 Å². The molecule has 2 heterocycles. The summed E-state index contributed by atoms with van der Waals surface area (Å²) in [5.74, 6) is 0. The smallest absolute Gasteiger partial charge is 0.158 e. The van der Waals surface area contributed by atoms with Gasteiger partial charge in [0.1, 0.15) is 0 Å². The van der Waals surface area contributed by atoms with E-state index < -0.39 is 0 Å². The van der Waals surface area contributed by atoms with Crippen molar-refractivity contribution in [2.75, 3.05) is 0 Å². The van der Waals surface area contributed by atoms with Crippen molar-refractivity contribution in [3.63, 3.8) is 0 Å². The Kier molecular flexibility index (Phi) is 2.62. The minimum atomic E-state index is 0.849. The van der Waals surface area contributed by atoms with Crippen LogP contribution in [0.15, 0.2) is 17.5 Å². The van der Waals surface area contributed by atoms with E-state index in [-0.39, 0.29) is 0 Å². The van der Waals surface area contributed by atoms with Crippen molar-refractivity contribution in [3.05, 3.63) is 26.3 Å². The lowest BCUT2D eigenvalue weighted by molar-refractivity contribution is 1.19. The molecule has 2 aromatic rings. The van der Waals surface area contributed by atoms with E-state index in [0.717, 1.165) is 16.1 Å². The SMILES string of the molecule is CCc1ccc(-c2csc(=S)[nH]2)s1. The predicted molar refractivity (Wildman–Crippen MR) is 62.2 cm³/mol. The van der Waals surface area contributed by atoms with Gasteiger partial charge in [-0.05, 0) is 30.8 Å². The third kappa shape index (κ3) is 1.90. The van der Waals surface area contributed by atoms with Gasteiger partial charge in [0.2, 0.25) is 0 Å². The standard InChI is InChI=1S/C9H9NS3/c1-2-6-3-4-8(13-6)7-5-12-9(11)10-7/h3-5H,2H2,1H3,(H,10,11). The molecule has 0 aliphatic heterocycles. The van der Waals surface area contributed by atoms with Crippen LogP contribution in [-0.2, 0) is 6.42 Å². The molecule has 2 rings (SSSR count). The zero-order chi connectivity index (χ0) is 9.26. The van der Waals surface area contributed by atoms with Crippen molar-refractivity contribution in [3.8, 4) is 10.6 Å². The van der Waals surface area contributed by atoms with Gasteiger partial charge in [0.15, 0.2) is 3.95 Å². The van der Waals surface area contributed by atoms with Crippen LogP contribution in [0.2, 0.25) is 0 Å². The Hall–Kier alpha value is -0.450. The summed E-state index contributed by atoms with van der Waals surface area (Å²) in [5.41, 5.74) is 1.15. The quantitative estimate of drug-likeness (QED) is 0.764. The van der Waals surface area contributed by atoms with Crippen LogP contribution in [0, 0.1) is 3.95 Å². The van der Waals surface area contributed by atoms with E-state index >= 15 is 0 Å². The first-order valence-corrected chi connectivity index (χ1v) is 6.17. The molecule has 0 aromatic carbocycles. The molecule has 0 saturated heterocycles. The first kappa shape index (κ1) is 9.12. The highest BCUT2D eigenvalue weighted by Gasteiger charge is 2.02. The Morgan fingerprint density at radius 3 is 2.85 bits per heavy atom. The van der Waals surface area contributed by atoms with E-state index in [0.29, 0.717) is 0 Å². The summed E-state index contributed by atoms with van der Waals surface area (Å²) in [4.78, 5) is 5.87. The van der Waals surface area contributed by atoms with Gasteiger partial charge in [0, 0.05) is 10.3 Å². The fraction of sp³-hybridized carbons (Fsp3) is 0.222. The van der Waals surface area contributed by atoms with Gasteiger partial charge in [-0.3, -0.25) is 0 Å². The van der Waals surface area contributed by atoms with Crippen molar-refractivity contribution >= 4 is 34.9 Å². The minimum Gasteiger partial charge on any atom is -0.336 e. The predicted octanol–water partition coefficient (Wildman–Crippen LogP) is 4.10. The summed E-state index contributed by atoms with van der Waals surface area (Å²) in [5, 5.41) is 2.08. The number of thiophene rings is 1. The van der Waals surface area contributed by atoms with E-state index in [1.54, 1.807) is 11.3 Å². The summed E-state index contributed by atoms with van der Waals surface area (Å²) >= 11 is 8.45. The van der Waals surface area contributed by atoms with E-state index in [1.807, 2.05) is 11.3 Å². The molecule has 0 fully saturated rings. The molecule has 2 aromatic heterocycles. The van der Waals surface area contributed by atoms with Gasteiger partial charge in [-0.2, -0.15) is 0 Å². The minimum absolute atomic E-state index is 0.849. The van der Waals surface area contributed by atoms with Crippen LogP contribution in [0.4, 0.5) is 0 Å². The number of hydrogen-bond acceptors (Lipinski definition) is 3. The summed E-state index contributed by atoms with van der Waals surface area (Å²) in [7, 11) is 0. The molecule has 0 saturated carbocycles. The molecule has 68 valence electrons. The van der Waals surface area contributed by atoms with Crippen LogP contribution in [0.3, 0.4) is 0 Å². The first-order valence-electron chi connectivity index (χ1n) is 4.06. The Bertz CT molecular complexity index is 449. The number of aryl methyl sites for hydroxylation is 1. The van der Waals surface area contributed by atoms with E-state index in [1.165, 1.54) is 9.75 Å². The number of rotatable bonds is 2. The molecule has 0 aliphatic carbocycles. The van der Waals surface area contributed by atoms with Crippen LogP contribution < -0.4 is 0 Å². The van der Waals surface area contributed by atoms with E-state index in [2.05, 4.69) is 29.4 Å². The van der Waals surface area contributed by atoms with Gasteiger partial charge in [0.05, 0.1) is 10.6 Å². The number of nitrogens with one attached hydrogen (secondary N) is 1. The lowest BCUT2D eigenvalue weighted by Crippen LogP contribution is -1.68. The van der Waals surface area contributed by atoms with E-state index in [9.17, 15) is 0 Å². The Morgan fingerprint density at radius 2 is 2.31 bits per heavy atom. The summed E-state index contributed by atoms with van der Waals surface area (Å²) < 4.78 is 0.849. The summed E-state index contributed by atoms with van der Waals surface area (Å²) in [6.07, 6.45) is 1.11. The van der Waals surface area contributed by atoms with Gasteiger partial charge < -0.3 is 4.98 Å². The normalized spacial score (nSPS) is 10.5. The highest BCUT2D eigenvalue weighted by molar-refractivity contribution is 7.73. The van der Waals surface area contributed by atoms with Gasteiger partial charge in [-0.15, -0.1) is 22.7 Å². The number of hydrogen-bond donors (Lipinski definition) is 1. The molecule has 13 heavy (non-hydrogen) atoms. The average molecular weight is 227 g/mol. The van der Waals surface area contributed by atoms with Gasteiger partial charge >= 0.3 is 0 Å². The average Bonchev–Trinajstić information content (AvgIpc) is 2.71. The number of H-pyrrole nitrogens is 1. The molecule has 0 amide bonds. The third-order valence-electron chi connectivity index (χ3n) is 1.80. The topological polar surface area (TPSA) is 15.8 Å². The molecule has 4 heteroatoms. The molecule has 0 atom stereocenters. The summed E-state index contributed by atoms with van der Waals surface area (Å²) in [6, 6.07) is 4.32. The van der Waals surface area contributed by atoms with Crippen molar-refractivity contribution < 1.29 is 0 Å². The zero-order valence-electron chi connectivity index (χ0n) is 7.16. The zero-order valence-corrected chi connectivity index (χ0v) is 9.61. The Morgan fingerprint density at radius 1 is 1.46 bits per heavy atom. The van der Waals surface area contributed by atoms with Gasteiger partial charge in [-0.25, -0.2) is 0 Å². The van der Waals surface area contributed by atoms with Crippen LogP contribution in [-0.4, -0.2) is 4.98 Å². The second-order valence-electron chi connectivity index (χ2n) is 2.68. The highest BCUT2D eigenvalue weighted by Crippen LogP contribution is 2.28. The first-order chi connectivity index (χ1) is 6.29. The highest BCUT2D eigenvalue weighted by atomic mass is 32.1. The fourth-order valence-electron chi connectivity index (χ4n) is 1.11. The number of aromatic nitrogens is 1. The monoisotopic (exact) mass is 227 g/mol. The van der Waals surface area contributed by atoms with Crippen molar-refractivity contribution in [1.29, 1.82) is 0 Å². The molecular formula is C9H9NS3. The lowest BCUT2D eigenvalue weighted by Gasteiger charge is -1.88. The maximum Gasteiger partial charge on any atom is 0.158 e. The number of aromatic amines is 1. The molecule has 0 radical (unpaired) electrons. The van der Waals surface area contributed by atoms with Crippen molar-refractivity contribution in [2.45, 2.75) is 13.3 Å². The fourth-order valence-corrected chi connectivity index (χ4v) is 2.94. The lowest BCUT2D eigenvalue weighted by atomic mass is 10.3. The van der Waals surface area contributed by atoms with Crippen LogP contribution in [0.5, 0.6) is 0 Å². The Balaban J connectivity index is 2.40. The van der Waals surface area contributed by atoms with Crippen LogP contribution in [0.25, 0.3) is 10.6 Å². The van der Waals surface area contributed by atoms with Crippen molar-refractivity contribution in [2.24, 2.45) is 0 Å². The molecule has 0 bridgehead atoms.